The molecule has 8 heteroatoms. The average molecular weight is 344 g/mol. The number of nitro benzene ring substituents is 1. The van der Waals surface area contributed by atoms with Crippen molar-refractivity contribution >= 4 is 33.4 Å². The third kappa shape index (κ3) is 4.30. The molecule has 0 aliphatic heterocycles. The maximum absolute atomic E-state index is 11.9. The molecule has 0 saturated heterocycles. The van der Waals surface area contributed by atoms with Gasteiger partial charge in [-0.25, -0.2) is 0 Å². The van der Waals surface area contributed by atoms with Gasteiger partial charge in [0, 0.05) is 25.6 Å². The van der Waals surface area contributed by atoms with Crippen molar-refractivity contribution in [2.24, 2.45) is 0 Å². The van der Waals surface area contributed by atoms with Crippen LogP contribution in [0.3, 0.4) is 0 Å². The molecule has 0 saturated carbocycles. The molecule has 1 rings (SSSR count). The van der Waals surface area contributed by atoms with Crippen LogP contribution in [-0.4, -0.2) is 29.8 Å². The van der Waals surface area contributed by atoms with E-state index in [1.807, 2.05) is 0 Å². The van der Waals surface area contributed by atoms with E-state index >= 15 is 0 Å². The fourth-order valence-corrected chi connectivity index (χ4v) is 2.10. The van der Waals surface area contributed by atoms with Gasteiger partial charge in [0.25, 0.3) is 11.6 Å². The highest BCUT2D eigenvalue weighted by atomic mass is 79.9. The summed E-state index contributed by atoms with van der Waals surface area (Å²) < 4.78 is 0.125. The summed E-state index contributed by atoms with van der Waals surface area (Å²) in [6, 6.07) is 4.20. The summed E-state index contributed by atoms with van der Waals surface area (Å²) in [6.45, 7) is 2.50. The maximum Gasteiger partial charge on any atom is 0.284 e. The molecular weight excluding hydrogens is 330 g/mol. The normalized spacial score (nSPS) is 9.90. The van der Waals surface area contributed by atoms with Gasteiger partial charge in [-0.3, -0.25) is 19.7 Å². The summed E-state index contributed by atoms with van der Waals surface area (Å²) in [4.78, 5) is 33.3. The molecule has 0 aliphatic carbocycles. The molecule has 0 fully saturated rings. The van der Waals surface area contributed by atoms with E-state index in [1.165, 1.54) is 18.2 Å². The molecule has 0 heterocycles. The summed E-state index contributed by atoms with van der Waals surface area (Å²) >= 11 is 3.05. The first-order chi connectivity index (χ1) is 9.47. The van der Waals surface area contributed by atoms with Gasteiger partial charge in [0.1, 0.15) is 4.47 Å². The average Bonchev–Trinajstić information content (AvgIpc) is 2.38. The van der Waals surface area contributed by atoms with Crippen LogP contribution in [0.2, 0.25) is 0 Å². The zero-order valence-electron chi connectivity index (χ0n) is 10.8. The van der Waals surface area contributed by atoms with Crippen LogP contribution in [0.1, 0.15) is 23.7 Å². The van der Waals surface area contributed by atoms with Crippen LogP contribution < -0.4 is 10.6 Å². The lowest BCUT2D eigenvalue weighted by atomic mass is 10.2. The minimum atomic E-state index is -0.574. The Morgan fingerprint density at radius 2 is 2.05 bits per heavy atom. The van der Waals surface area contributed by atoms with Crippen molar-refractivity contribution in [1.29, 1.82) is 0 Å². The van der Waals surface area contributed by atoms with Crippen LogP contribution in [0, 0.1) is 10.1 Å². The van der Waals surface area contributed by atoms with E-state index in [2.05, 4.69) is 26.6 Å². The van der Waals surface area contributed by atoms with Gasteiger partial charge in [0.2, 0.25) is 5.91 Å². The predicted octanol–water partition coefficient (Wildman–Crippen LogP) is 1.61. The quantitative estimate of drug-likeness (QED) is 0.605. The van der Waals surface area contributed by atoms with Crippen LogP contribution in [-0.2, 0) is 4.79 Å². The lowest BCUT2D eigenvalue weighted by molar-refractivity contribution is -0.385. The van der Waals surface area contributed by atoms with Crippen LogP contribution in [0.4, 0.5) is 5.69 Å². The van der Waals surface area contributed by atoms with Crippen molar-refractivity contribution < 1.29 is 14.5 Å². The minimum Gasteiger partial charge on any atom is -0.356 e. The third-order valence-electron chi connectivity index (χ3n) is 2.43. The summed E-state index contributed by atoms with van der Waals surface area (Å²) in [5, 5.41) is 15.9. The number of nitrogens with zero attached hydrogens (tertiary/aromatic N) is 1. The molecule has 0 aromatic heterocycles. The molecule has 0 bridgehead atoms. The maximum atomic E-state index is 11.9. The standard InChI is InChI=1S/C12H14BrN3O4/c1-2-14-10(17)6-7-15-12(18)8-4-3-5-9(11(8)13)16(19)20/h3-5H,2,6-7H2,1H3,(H,14,17)(H,15,18). The van der Waals surface area contributed by atoms with Gasteiger partial charge in [0.05, 0.1) is 10.5 Å². The number of rotatable bonds is 6. The SMILES string of the molecule is CCNC(=O)CCNC(=O)c1cccc([N+](=O)[O-])c1Br. The highest BCUT2D eigenvalue weighted by molar-refractivity contribution is 9.10. The fourth-order valence-electron chi connectivity index (χ4n) is 1.51. The van der Waals surface area contributed by atoms with E-state index in [0.29, 0.717) is 6.54 Å². The first-order valence-corrected chi connectivity index (χ1v) is 6.74. The van der Waals surface area contributed by atoms with Crippen LogP contribution in [0.15, 0.2) is 22.7 Å². The predicted molar refractivity (Wildman–Crippen MR) is 76.4 cm³/mol. The number of amides is 2. The highest BCUT2D eigenvalue weighted by Crippen LogP contribution is 2.28. The number of nitro groups is 1. The lowest BCUT2D eigenvalue weighted by Gasteiger charge is -2.07. The van der Waals surface area contributed by atoms with Gasteiger partial charge < -0.3 is 10.6 Å². The first kappa shape index (κ1) is 16.1. The Bertz CT molecular complexity index is 533. The molecule has 108 valence electrons. The smallest absolute Gasteiger partial charge is 0.284 e. The zero-order valence-corrected chi connectivity index (χ0v) is 12.4. The molecule has 0 aliphatic rings. The summed E-state index contributed by atoms with van der Waals surface area (Å²) in [5.74, 6) is -0.629. The monoisotopic (exact) mass is 343 g/mol. The van der Waals surface area contributed by atoms with Crippen LogP contribution >= 0.6 is 15.9 Å². The van der Waals surface area contributed by atoms with E-state index in [0.717, 1.165) is 0 Å². The molecule has 0 unspecified atom stereocenters. The second-order valence-electron chi connectivity index (χ2n) is 3.86. The van der Waals surface area contributed by atoms with Gasteiger partial charge in [-0.2, -0.15) is 0 Å². The zero-order chi connectivity index (χ0) is 15.1. The van der Waals surface area contributed by atoms with E-state index in [-0.39, 0.29) is 34.6 Å². The molecule has 0 atom stereocenters. The van der Waals surface area contributed by atoms with Crippen molar-refractivity contribution in [2.75, 3.05) is 13.1 Å². The third-order valence-corrected chi connectivity index (χ3v) is 3.26. The van der Waals surface area contributed by atoms with E-state index in [1.54, 1.807) is 6.92 Å². The molecule has 1 aromatic rings. The Kier molecular flexibility index (Phi) is 6.10. The Morgan fingerprint density at radius 1 is 1.35 bits per heavy atom. The number of carbonyl (C=O) groups excluding carboxylic acids is 2. The number of benzene rings is 1. The second-order valence-corrected chi connectivity index (χ2v) is 4.65. The van der Waals surface area contributed by atoms with E-state index < -0.39 is 10.8 Å². The first-order valence-electron chi connectivity index (χ1n) is 5.95. The minimum absolute atomic E-state index is 0.125. The Balaban J connectivity index is 2.67. The number of halogens is 1. The summed E-state index contributed by atoms with van der Waals surface area (Å²) in [5.41, 5.74) is -0.0172. The lowest BCUT2D eigenvalue weighted by Crippen LogP contribution is -2.30. The molecule has 0 spiro atoms. The Labute approximate surface area is 124 Å². The van der Waals surface area contributed by atoms with Crippen molar-refractivity contribution in [3.05, 3.63) is 38.3 Å². The van der Waals surface area contributed by atoms with Crippen LogP contribution in [0.25, 0.3) is 0 Å². The molecule has 7 nitrogen and oxygen atoms in total. The summed E-state index contributed by atoms with van der Waals surface area (Å²) in [6.07, 6.45) is 0.159. The van der Waals surface area contributed by atoms with Gasteiger partial charge in [0.15, 0.2) is 0 Å². The highest BCUT2D eigenvalue weighted by Gasteiger charge is 2.19. The molecule has 2 N–H and O–H groups in total. The van der Waals surface area contributed by atoms with E-state index in [4.69, 9.17) is 0 Å². The van der Waals surface area contributed by atoms with Gasteiger partial charge in [-0.1, -0.05) is 6.07 Å². The molecular formula is C12H14BrN3O4. The second kappa shape index (κ2) is 7.59. The molecule has 1 aromatic carbocycles. The van der Waals surface area contributed by atoms with Crippen molar-refractivity contribution in [1.82, 2.24) is 10.6 Å². The molecule has 0 radical (unpaired) electrons. The number of hydrogen-bond acceptors (Lipinski definition) is 4. The fraction of sp³-hybridized carbons (Fsp3) is 0.333. The topological polar surface area (TPSA) is 101 Å². The van der Waals surface area contributed by atoms with Gasteiger partial charge in [-0.05, 0) is 28.9 Å². The Morgan fingerprint density at radius 3 is 2.65 bits per heavy atom. The van der Waals surface area contributed by atoms with Gasteiger partial charge in [-0.15, -0.1) is 0 Å². The number of carbonyl (C=O) groups is 2. The number of hydrogen-bond donors (Lipinski definition) is 2. The Hall–Kier alpha value is -1.96. The van der Waals surface area contributed by atoms with Gasteiger partial charge >= 0.3 is 0 Å². The largest absolute Gasteiger partial charge is 0.356 e. The van der Waals surface area contributed by atoms with Crippen molar-refractivity contribution in [3.63, 3.8) is 0 Å². The van der Waals surface area contributed by atoms with Crippen molar-refractivity contribution in [3.8, 4) is 0 Å². The summed E-state index contributed by atoms with van der Waals surface area (Å²) in [7, 11) is 0. The molecule has 2 amide bonds. The number of nitrogens with one attached hydrogen (secondary N) is 2. The van der Waals surface area contributed by atoms with Crippen molar-refractivity contribution in [2.45, 2.75) is 13.3 Å². The molecule has 20 heavy (non-hydrogen) atoms. The van der Waals surface area contributed by atoms with E-state index in [9.17, 15) is 19.7 Å². The van der Waals surface area contributed by atoms with Crippen LogP contribution in [0.5, 0.6) is 0 Å².